The highest BCUT2D eigenvalue weighted by Gasteiger charge is 2.19. The minimum absolute atomic E-state index is 0.477. The van der Waals surface area contributed by atoms with Crippen LogP contribution in [0.1, 0.15) is 26.2 Å². The normalized spacial score (nSPS) is 33.8. The summed E-state index contributed by atoms with van der Waals surface area (Å²) in [5.74, 6) is 0.816. The van der Waals surface area contributed by atoms with Crippen molar-refractivity contribution in [3.63, 3.8) is 0 Å². The maximum absolute atomic E-state index is 8.25. The largest absolute Gasteiger partial charge is 0.321 e. The second-order valence-electron chi connectivity index (χ2n) is 2.87. The van der Waals surface area contributed by atoms with Crippen molar-refractivity contribution >= 4 is 0 Å². The van der Waals surface area contributed by atoms with E-state index in [9.17, 15) is 0 Å². The molecule has 50 valence electrons. The van der Waals surface area contributed by atoms with Crippen molar-refractivity contribution in [2.45, 2.75) is 32.2 Å². The minimum Gasteiger partial charge on any atom is -0.321 e. The van der Waals surface area contributed by atoms with Crippen LogP contribution in [0.15, 0.2) is 0 Å². The highest BCUT2D eigenvalue weighted by atomic mass is 14.9. The highest BCUT2D eigenvalue weighted by molar-refractivity contribution is 4.83. The summed E-state index contributed by atoms with van der Waals surface area (Å²) in [5.41, 5.74) is 0. The minimum atomic E-state index is 0.477. The fourth-order valence-electron chi connectivity index (χ4n) is 1.43. The van der Waals surface area contributed by atoms with E-state index in [0.717, 1.165) is 5.92 Å². The van der Waals surface area contributed by atoms with Gasteiger partial charge in [0, 0.05) is 6.04 Å². The van der Waals surface area contributed by atoms with Crippen LogP contribution in [0.25, 0.3) is 0 Å². The monoisotopic (exact) mass is 124 g/mol. The molecule has 0 heterocycles. The Morgan fingerprint density at radius 1 is 1.56 bits per heavy atom. The van der Waals surface area contributed by atoms with Crippen molar-refractivity contribution in [3.05, 3.63) is 0 Å². The standard InChI is InChI=1S/C7H12N2/c1-6-2-3-7(4-6)9-5-8/h6-7,9H,2-4H2,1H3. The summed E-state index contributed by atoms with van der Waals surface area (Å²) in [7, 11) is 0. The molecule has 0 bridgehead atoms. The molecule has 1 aliphatic rings. The van der Waals surface area contributed by atoms with Crippen LogP contribution in [0.5, 0.6) is 0 Å². The third kappa shape index (κ3) is 1.60. The van der Waals surface area contributed by atoms with Gasteiger partial charge in [-0.2, -0.15) is 5.26 Å². The lowest BCUT2D eigenvalue weighted by atomic mass is 10.1. The molecule has 2 heteroatoms. The Morgan fingerprint density at radius 3 is 2.78 bits per heavy atom. The van der Waals surface area contributed by atoms with Crippen molar-refractivity contribution in [3.8, 4) is 6.19 Å². The van der Waals surface area contributed by atoms with Crippen molar-refractivity contribution in [2.75, 3.05) is 0 Å². The number of nitrogens with zero attached hydrogens (tertiary/aromatic N) is 1. The van der Waals surface area contributed by atoms with Gasteiger partial charge in [-0.3, -0.25) is 0 Å². The lowest BCUT2D eigenvalue weighted by Gasteiger charge is -2.03. The molecule has 0 aromatic rings. The first-order valence-electron chi connectivity index (χ1n) is 3.47. The summed E-state index contributed by atoms with van der Waals surface area (Å²) in [6.45, 7) is 2.24. The molecule has 1 rings (SSSR count). The Bertz CT molecular complexity index is 125. The summed E-state index contributed by atoms with van der Waals surface area (Å²) < 4.78 is 0. The lowest BCUT2D eigenvalue weighted by molar-refractivity contribution is 0.564. The summed E-state index contributed by atoms with van der Waals surface area (Å²) in [4.78, 5) is 0. The Kier molecular flexibility index (Phi) is 1.94. The zero-order valence-electron chi connectivity index (χ0n) is 5.72. The molecule has 0 amide bonds. The van der Waals surface area contributed by atoms with Gasteiger partial charge in [0.2, 0.25) is 0 Å². The molecule has 0 radical (unpaired) electrons. The van der Waals surface area contributed by atoms with Crippen LogP contribution < -0.4 is 5.32 Å². The smallest absolute Gasteiger partial charge is 0.176 e. The number of hydrogen-bond donors (Lipinski definition) is 1. The Hall–Kier alpha value is -0.710. The average molecular weight is 124 g/mol. The second kappa shape index (κ2) is 2.72. The number of nitriles is 1. The summed E-state index contributed by atoms with van der Waals surface area (Å²) in [5, 5.41) is 11.0. The van der Waals surface area contributed by atoms with Crippen molar-refractivity contribution in [2.24, 2.45) is 5.92 Å². The van der Waals surface area contributed by atoms with Gasteiger partial charge in [-0.05, 0) is 25.2 Å². The molecular weight excluding hydrogens is 112 g/mol. The summed E-state index contributed by atoms with van der Waals surface area (Å²) >= 11 is 0. The molecule has 0 aromatic carbocycles. The van der Waals surface area contributed by atoms with Gasteiger partial charge in [-0.1, -0.05) is 6.92 Å². The predicted octanol–water partition coefficient (Wildman–Crippen LogP) is 1.25. The zero-order chi connectivity index (χ0) is 6.69. The number of nitrogens with one attached hydrogen (secondary N) is 1. The number of rotatable bonds is 1. The molecule has 1 fully saturated rings. The van der Waals surface area contributed by atoms with E-state index >= 15 is 0 Å². The first kappa shape index (κ1) is 6.41. The first-order chi connectivity index (χ1) is 4.33. The van der Waals surface area contributed by atoms with Crippen LogP contribution in [0.2, 0.25) is 0 Å². The van der Waals surface area contributed by atoms with Crippen LogP contribution in [0, 0.1) is 17.4 Å². The van der Waals surface area contributed by atoms with Crippen LogP contribution >= 0.6 is 0 Å². The molecule has 9 heavy (non-hydrogen) atoms. The molecule has 2 nitrogen and oxygen atoms in total. The van der Waals surface area contributed by atoms with E-state index in [-0.39, 0.29) is 0 Å². The fraction of sp³-hybridized carbons (Fsp3) is 0.857. The second-order valence-corrected chi connectivity index (χ2v) is 2.87. The summed E-state index contributed by atoms with van der Waals surface area (Å²) in [6, 6.07) is 0.477. The van der Waals surface area contributed by atoms with Gasteiger partial charge in [0.05, 0.1) is 0 Å². The maximum Gasteiger partial charge on any atom is 0.176 e. The Morgan fingerprint density at radius 2 is 2.33 bits per heavy atom. The van der Waals surface area contributed by atoms with E-state index in [1.54, 1.807) is 0 Å². The van der Waals surface area contributed by atoms with Crippen LogP contribution in [0.3, 0.4) is 0 Å². The van der Waals surface area contributed by atoms with E-state index in [1.165, 1.54) is 19.3 Å². The van der Waals surface area contributed by atoms with Gasteiger partial charge in [0.25, 0.3) is 0 Å². The van der Waals surface area contributed by atoms with Gasteiger partial charge in [0.15, 0.2) is 6.19 Å². The quantitative estimate of drug-likeness (QED) is 0.421. The molecule has 1 saturated carbocycles. The highest BCUT2D eigenvalue weighted by Crippen LogP contribution is 2.23. The van der Waals surface area contributed by atoms with Gasteiger partial charge in [-0.25, -0.2) is 0 Å². The van der Waals surface area contributed by atoms with E-state index < -0.39 is 0 Å². The molecule has 0 spiro atoms. The van der Waals surface area contributed by atoms with Crippen molar-refractivity contribution in [1.29, 1.82) is 5.26 Å². The average Bonchev–Trinajstić information content (AvgIpc) is 2.17. The van der Waals surface area contributed by atoms with Crippen molar-refractivity contribution < 1.29 is 0 Å². The van der Waals surface area contributed by atoms with Crippen LogP contribution in [0.4, 0.5) is 0 Å². The third-order valence-corrected chi connectivity index (χ3v) is 1.96. The topological polar surface area (TPSA) is 35.8 Å². The molecule has 0 aliphatic heterocycles. The lowest BCUT2D eigenvalue weighted by Crippen LogP contribution is -2.20. The maximum atomic E-state index is 8.25. The van der Waals surface area contributed by atoms with Gasteiger partial charge in [0.1, 0.15) is 0 Å². The van der Waals surface area contributed by atoms with Crippen LogP contribution in [-0.4, -0.2) is 6.04 Å². The first-order valence-corrected chi connectivity index (χ1v) is 3.47. The molecule has 2 atom stereocenters. The zero-order valence-corrected chi connectivity index (χ0v) is 5.72. The summed E-state index contributed by atoms with van der Waals surface area (Å²) in [6.07, 6.45) is 5.61. The van der Waals surface area contributed by atoms with E-state index in [1.807, 2.05) is 6.19 Å². The van der Waals surface area contributed by atoms with Gasteiger partial charge >= 0.3 is 0 Å². The van der Waals surface area contributed by atoms with E-state index in [2.05, 4.69) is 12.2 Å². The molecule has 0 aromatic heterocycles. The van der Waals surface area contributed by atoms with E-state index in [4.69, 9.17) is 5.26 Å². The van der Waals surface area contributed by atoms with Gasteiger partial charge in [-0.15, -0.1) is 0 Å². The Labute approximate surface area is 55.9 Å². The van der Waals surface area contributed by atoms with Gasteiger partial charge < -0.3 is 5.32 Å². The molecular formula is C7H12N2. The fourth-order valence-corrected chi connectivity index (χ4v) is 1.43. The molecule has 1 aliphatic carbocycles. The number of hydrogen-bond acceptors (Lipinski definition) is 2. The Balaban J connectivity index is 2.24. The third-order valence-electron chi connectivity index (χ3n) is 1.96. The van der Waals surface area contributed by atoms with Crippen LogP contribution in [-0.2, 0) is 0 Å². The molecule has 1 N–H and O–H groups in total. The SMILES string of the molecule is CC1CCC(NC#N)C1. The molecule has 2 unspecified atom stereocenters. The molecule has 0 saturated heterocycles. The van der Waals surface area contributed by atoms with Crippen molar-refractivity contribution in [1.82, 2.24) is 5.32 Å². The predicted molar refractivity (Wildman–Crippen MR) is 35.6 cm³/mol. The van der Waals surface area contributed by atoms with E-state index in [0.29, 0.717) is 6.04 Å².